The number of carbonyl (C=O) groups is 2. The Morgan fingerprint density at radius 1 is 1.33 bits per heavy atom. The number of amides is 4. The molecular formula is C12H19N5O3S. The van der Waals surface area contributed by atoms with Crippen molar-refractivity contribution in [3.05, 3.63) is 35.9 Å². The Labute approximate surface area is 127 Å². The lowest BCUT2D eigenvalue weighted by molar-refractivity contribution is 0.153. The maximum atomic E-state index is 11.9. The number of nitrogens with zero attached hydrogens (tertiary/aromatic N) is 2. The highest BCUT2D eigenvalue weighted by molar-refractivity contribution is 7.94. The van der Waals surface area contributed by atoms with Gasteiger partial charge in [0.25, 0.3) is 0 Å². The van der Waals surface area contributed by atoms with E-state index in [1.165, 1.54) is 7.11 Å². The summed E-state index contributed by atoms with van der Waals surface area (Å²) in [5.74, 6) is 6.13. The van der Waals surface area contributed by atoms with Gasteiger partial charge in [0.2, 0.25) is 0 Å². The predicted octanol–water partition coefficient (Wildman–Crippen LogP) is 0.662. The standard InChI is InChI=1S/C12H19N5O3S/c1-20-21-8-7-17(11(13)18)15-12(19)16(14)9-10-5-3-2-4-6-10/h2-6H,7-9,14H2,1H3,(H2,13,18)(H,15,19). The molecule has 0 spiro atoms. The van der Waals surface area contributed by atoms with Gasteiger partial charge < -0.3 is 9.92 Å². The van der Waals surface area contributed by atoms with Crippen LogP contribution in [0.4, 0.5) is 9.59 Å². The Morgan fingerprint density at radius 3 is 2.57 bits per heavy atom. The normalized spacial score (nSPS) is 10.0. The van der Waals surface area contributed by atoms with Gasteiger partial charge in [-0.05, 0) is 17.6 Å². The van der Waals surface area contributed by atoms with Gasteiger partial charge in [0, 0.05) is 5.75 Å². The van der Waals surface area contributed by atoms with E-state index >= 15 is 0 Å². The predicted molar refractivity (Wildman–Crippen MR) is 80.5 cm³/mol. The molecule has 1 aromatic carbocycles. The first-order chi connectivity index (χ1) is 10.0. The molecule has 0 saturated carbocycles. The van der Waals surface area contributed by atoms with Crippen LogP contribution in [0.1, 0.15) is 5.56 Å². The Bertz CT molecular complexity index is 459. The molecule has 0 bridgehead atoms. The molecule has 0 unspecified atom stereocenters. The number of rotatable bonds is 6. The van der Waals surface area contributed by atoms with Crippen molar-refractivity contribution in [3.63, 3.8) is 0 Å². The van der Waals surface area contributed by atoms with Crippen molar-refractivity contribution in [2.45, 2.75) is 6.54 Å². The molecule has 1 aromatic rings. The molecule has 0 atom stereocenters. The lowest BCUT2D eigenvalue weighted by atomic mass is 10.2. The van der Waals surface area contributed by atoms with Gasteiger partial charge in [-0.15, -0.1) is 0 Å². The number of primary amides is 1. The summed E-state index contributed by atoms with van der Waals surface area (Å²) in [6, 6.07) is 7.85. The summed E-state index contributed by atoms with van der Waals surface area (Å²) in [4.78, 5) is 23.1. The number of nitrogens with one attached hydrogen (secondary N) is 1. The van der Waals surface area contributed by atoms with Crippen LogP contribution in [0.3, 0.4) is 0 Å². The van der Waals surface area contributed by atoms with Crippen LogP contribution in [0.25, 0.3) is 0 Å². The molecule has 4 amide bonds. The third kappa shape index (κ3) is 6.34. The number of urea groups is 2. The van der Waals surface area contributed by atoms with Gasteiger partial charge in [0.15, 0.2) is 0 Å². The number of carbonyl (C=O) groups excluding carboxylic acids is 2. The van der Waals surface area contributed by atoms with Gasteiger partial charge in [0.1, 0.15) is 0 Å². The molecule has 116 valence electrons. The summed E-state index contributed by atoms with van der Waals surface area (Å²) >= 11 is 1.15. The Balaban J connectivity index is 2.50. The van der Waals surface area contributed by atoms with Gasteiger partial charge in [-0.1, -0.05) is 30.3 Å². The van der Waals surface area contributed by atoms with Crippen LogP contribution in [0.5, 0.6) is 0 Å². The van der Waals surface area contributed by atoms with Crippen molar-refractivity contribution in [2.24, 2.45) is 11.6 Å². The smallest absolute Gasteiger partial charge is 0.350 e. The zero-order valence-electron chi connectivity index (χ0n) is 11.7. The summed E-state index contributed by atoms with van der Waals surface area (Å²) in [6.07, 6.45) is 0. The average molecular weight is 313 g/mol. The van der Waals surface area contributed by atoms with E-state index in [1.54, 1.807) is 0 Å². The Hall–Kier alpha value is -1.97. The van der Waals surface area contributed by atoms with Gasteiger partial charge in [0.05, 0.1) is 20.2 Å². The number of hydrazine groups is 2. The van der Waals surface area contributed by atoms with E-state index in [9.17, 15) is 9.59 Å². The van der Waals surface area contributed by atoms with E-state index in [0.29, 0.717) is 5.75 Å². The molecule has 8 nitrogen and oxygen atoms in total. The molecule has 0 aliphatic carbocycles. The van der Waals surface area contributed by atoms with Crippen molar-refractivity contribution >= 4 is 24.1 Å². The fourth-order valence-electron chi connectivity index (χ4n) is 1.46. The monoisotopic (exact) mass is 313 g/mol. The quantitative estimate of drug-likeness (QED) is 0.235. The fraction of sp³-hybridized carbons (Fsp3) is 0.333. The first kappa shape index (κ1) is 17.1. The topological polar surface area (TPSA) is 114 Å². The second-order valence-corrected chi connectivity index (χ2v) is 4.99. The molecule has 0 aliphatic rings. The van der Waals surface area contributed by atoms with E-state index in [0.717, 1.165) is 27.6 Å². The highest BCUT2D eigenvalue weighted by atomic mass is 32.2. The fourth-order valence-corrected chi connectivity index (χ4v) is 1.89. The molecule has 0 aliphatic heterocycles. The van der Waals surface area contributed by atoms with Crippen LogP contribution in [-0.4, -0.2) is 41.5 Å². The lowest BCUT2D eigenvalue weighted by Crippen LogP contribution is -2.55. The van der Waals surface area contributed by atoms with Crippen LogP contribution < -0.4 is 17.0 Å². The molecule has 9 heteroatoms. The third-order valence-electron chi connectivity index (χ3n) is 2.47. The minimum Gasteiger partial charge on any atom is -0.350 e. The van der Waals surface area contributed by atoms with Crippen molar-refractivity contribution < 1.29 is 13.8 Å². The highest BCUT2D eigenvalue weighted by Crippen LogP contribution is 2.02. The van der Waals surface area contributed by atoms with Gasteiger partial charge in [-0.2, -0.15) is 0 Å². The van der Waals surface area contributed by atoms with E-state index in [1.807, 2.05) is 30.3 Å². The third-order valence-corrected chi connectivity index (χ3v) is 3.05. The summed E-state index contributed by atoms with van der Waals surface area (Å²) in [7, 11) is 1.51. The molecule has 0 saturated heterocycles. The number of nitrogens with two attached hydrogens (primary N) is 2. The average Bonchev–Trinajstić information content (AvgIpc) is 2.47. The van der Waals surface area contributed by atoms with Crippen LogP contribution in [0.15, 0.2) is 30.3 Å². The highest BCUT2D eigenvalue weighted by Gasteiger charge is 2.16. The zero-order valence-corrected chi connectivity index (χ0v) is 12.5. The Kier molecular flexibility index (Phi) is 7.37. The summed E-state index contributed by atoms with van der Waals surface area (Å²) in [6.45, 7) is 0.421. The molecule has 0 radical (unpaired) electrons. The molecule has 1 rings (SSSR count). The summed E-state index contributed by atoms with van der Waals surface area (Å²) in [5.41, 5.74) is 8.40. The minimum atomic E-state index is -0.770. The summed E-state index contributed by atoms with van der Waals surface area (Å²) in [5, 5.41) is 1.95. The van der Waals surface area contributed by atoms with E-state index in [-0.39, 0.29) is 13.1 Å². The van der Waals surface area contributed by atoms with Gasteiger partial charge >= 0.3 is 12.1 Å². The zero-order chi connectivity index (χ0) is 15.7. The van der Waals surface area contributed by atoms with Crippen LogP contribution in [0, 0.1) is 0 Å². The van der Waals surface area contributed by atoms with E-state index < -0.39 is 12.1 Å². The van der Waals surface area contributed by atoms with Crippen LogP contribution in [-0.2, 0) is 10.7 Å². The molecule has 5 N–H and O–H groups in total. The second-order valence-electron chi connectivity index (χ2n) is 4.01. The second kappa shape index (κ2) is 9.06. The minimum absolute atomic E-state index is 0.207. The maximum absolute atomic E-state index is 11.9. The molecule has 21 heavy (non-hydrogen) atoms. The SMILES string of the molecule is COSCCN(NC(=O)N(N)Cc1ccccc1)C(N)=O. The molecule has 0 fully saturated rings. The number of hydrogen-bond acceptors (Lipinski definition) is 5. The molecular weight excluding hydrogens is 294 g/mol. The van der Waals surface area contributed by atoms with E-state index in [2.05, 4.69) is 5.43 Å². The van der Waals surface area contributed by atoms with Crippen molar-refractivity contribution in [3.8, 4) is 0 Å². The molecule has 0 aromatic heterocycles. The largest absolute Gasteiger partial charge is 0.350 e. The lowest BCUT2D eigenvalue weighted by Gasteiger charge is -2.24. The first-order valence-electron chi connectivity index (χ1n) is 6.14. The van der Waals surface area contributed by atoms with Crippen molar-refractivity contribution in [1.29, 1.82) is 0 Å². The molecule has 0 heterocycles. The van der Waals surface area contributed by atoms with Gasteiger partial charge in [-0.25, -0.2) is 25.9 Å². The van der Waals surface area contributed by atoms with Gasteiger partial charge in [-0.3, -0.25) is 5.01 Å². The first-order valence-corrected chi connectivity index (χ1v) is 7.05. The van der Waals surface area contributed by atoms with Crippen LogP contribution >= 0.6 is 12.0 Å². The summed E-state index contributed by atoms with van der Waals surface area (Å²) < 4.78 is 4.79. The van der Waals surface area contributed by atoms with Crippen LogP contribution in [0.2, 0.25) is 0 Å². The maximum Gasteiger partial charge on any atom is 0.350 e. The Morgan fingerprint density at radius 2 is 2.00 bits per heavy atom. The van der Waals surface area contributed by atoms with Crippen molar-refractivity contribution in [1.82, 2.24) is 15.4 Å². The number of hydrogen-bond donors (Lipinski definition) is 3. The van der Waals surface area contributed by atoms with E-state index in [4.69, 9.17) is 15.8 Å². The number of benzene rings is 1. The van der Waals surface area contributed by atoms with Crippen molar-refractivity contribution in [2.75, 3.05) is 19.4 Å².